The topological polar surface area (TPSA) is 101 Å². The molecule has 0 bridgehead atoms. The normalized spacial score (nSPS) is 11.8. The molecular formula is C12H15ClN4O2S. The fourth-order valence-corrected chi connectivity index (χ4v) is 3.03. The summed E-state index contributed by atoms with van der Waals surface area (Å²) in [5, 5.41) is 6.93. The molecule has 0 spiro atoms. The maximum Gasteiger partial charge on any atom is 0.240 e. The van der Waals surface area contributed by atoms with Crippen LogP contribution in [-0.4, -0.2) is 18.6 Å². The number of rotatable bonds is 5. The molecule has 0 fully saturated rings. The minimum absolute atomic E-state index is 0.112. The number of sulfonamides is 1. The van der Waals surface area contributed by atoms with Gasteiger partial charge in [-0.3, -0.25) is 5.10 Å². The van der Waals surface area contributed by atoms with Crippen molar-refractivity contribution in [1.82, 2.24) is 14.9 Å². The number of nitrogens with two attached hydrogens (primary N) is 1. The Labute approximate surface area is 122 Å². The highest BCUT2D eigenvalue weighted by Crippen LogP contribution is 2.20. The van der Waals surface area contributed by atoms with Crippen molar-refractivity contribution in [2.75, 3.05) is 0 Å². The molecule has 0 unspecified atom stereocenters. The molecule has 0 atom stereocenters. The molecule has 0 aliphatic heterocycles. The molecule has 8 heteroatoms. The Morgan fingerprint density at radius 1 is 1.40 bits per heavy atom. The SMILES string of the molecule is Cc1[nH]ncc1CNS(=O)(=O)c1ccc(CN)c(Cl)c1. The van der Waals surface area contributed by atoms with E-state index in [1.807, 2.05) is 6.92 Å². The Hall–Kier alpha value is -1.41. The van der Waals surface area contributed by atoms with Crippen molar-refractivity contribution >= 4 is 21.6 Å². The minimum Gasteiger partial charge on any atom is -0.326 e. The van der Waals surface area contributed by atoms with E-state index in [9.17, 15) is 8.42 Å². The van der Waals surface area contributed by atoms with Crippen LogP contribution in [0.1, 0.15) is 16.8 Å². The third-order valence-electron chi connectivity index (χ3n) is 2.94. The quantitative estimate of drug-likeness (QED) is 0.774. The van der Waals surface area contributed by atoms with Crippen LogP contribution in [0.2, 0.25) is 5.02 Å². The fourth-order valence-electron chi connectivity index (χ4n) is 1.67. The molecule has 2 aromatic rings. The highest BCUT2D eigenvalue weighted by Gasteiger charge is 2.16. The lowest BCUT2D eigenvalue weighted by Gasteiger charge is -2.08. The van der Waals surface area contributed by atoms with E-state index < -0.39 is 10.0 Å². The fraction of sp³-hybridized carbons (Fsp3) is 0.250. The summed E-state index contributed by atoms with van der Waals surface area (Å²) in [6.45, 7) is 2.26. The van der Waals surface area contributed by atoms with Crippen molar-refractivity contribution in [1.29, 1.82) is 0 Å². The number of aryl methyl sites for hydroxylation is 1. The minimum atomic E-state index is -3.62. The summed E-state index contributed by atoms with van der Waals surface area (Å²) in [4.78, 5) is 0.112. The van der Waals surface area contributed by atoms with Crippen LogP contribution in [-0.2, 0) is 23.1 Å². The highest BCUT2D eigenvalue weighted by molar-refractivity contribution is 7.89. The number of nitrogens with zero attached hydrogens (tertiary/aromatic N) is 1. The number of H-pyrrole nitrogens is 1. The van der Waals surface area contributed by atoms with E-state index in [1.54, 1.807) is 12.3 Å². The van der Waals surface area contributed by atoms with E-state index in [0.717, 1.165) is 11.3 Å². The summed E-state index contributed by atoms with van der Waals surface area (Å²) >= 11 is 5.97. The molecule has 0 saturated carbocycles. The molecule has 20 heavy (non-hydrogen) atoms. The summed E-state index contributed by atoms with van der Waals surface area (Å²) in [6, 6.07) is 4.49. The predicted octanol–water partition coefficient (Wildman–Crippen LogP) is 1.31. The average Bonchev–Trinajstić information content (AvgIpc) is 2.82. The molecule has 6 nitrogen and oxygen atoms in total. The number of aromatic amines is 1. The van der Waals surface area contributed by atoms with E-state index in [-0.39, 0.29) is 18.0 Å². The molecule has 0 aliphatic rings. The largest absolute Gasteiger partial charge is 0.326 e. The van der Waals surface area contributed by atoms with Gasteiger partial charge in [-0.15, -0.1) is 0 Å². The zero-order valence-corrected chi connectivity index (χ0v) is 12.4. The molecule has 2 rings (SSSR count). The number of benzene rings is 1. The van der Waals surface area contributed by atoms with E-state index in [1.165, 1.54) is 12.1 Å². The van der Waals surface area contributed by atoms with Crippen molar-refractivity contribution in [2.24, 2.45) is 5.73 Å². The first-order valence-electron chi connectivity index (χ1n) is 5.91. The third-order valence-corrected chi connectivity index (χ3v) is 4.69. The standard InChI is InChI=1S/C12H15ClN4O2S/c1-8-10(6-15-17-8)7-16-20(18,19)11-3-2-9(5-14)12(13)4-11/h2-4,6,16H,5,7,14H2,1H3,(H,15,17). The van der Waals surface area contributed by atoms with E-state index >= 15 is 0 Å². The Morgan fingerprint density at radius 2 is 2.15 bits per heavy atom. The lowest BCUT2D eigenvalue weighted by molar-refractivity contribution is 0.581. The predicted molar refractivity (Wildman–Crippen MR) is 76.7 cm³/mol. The summed E-state index contributed by atoms with van der Waals surface area (Å²) in [6.07, 6.45) is 1.59. The van der Waals surface area contributed by atoms with Gasteiger partial charge in [-0.25, -0.2) is 13.1 Å². The van der Waals surface area contributed by atoms with Gasteiger partial charge in [-0.2, -0.15) is 5.10 Å². The number of hydrogen-bond acceptors (Lipinski definition) is 4. The molecule has 0 radical (unpaired) electrons. The Bertz CT molecular complexity index is 712. The second-order valence-corrected chi connectivity index (χ2v) is 6.48. The smallest absolute Gasteiger partial charge is 0.240 e. The van der Waals surface area contributed by atoms with Crippen LogP contribution >= 0.6 is 11.6 Å². The van der Waals surface area contributed by atoms with Gasteiger partial charge in [0.05, 0.1) is 11.1 Å². The van der Waals surface area contributed by atoms with Crippen LogP contribution in [0.5, 0.6) is 0 Å². The molecule has 1 heterocycles. The van der Waals surface area contributed by atoms with Crippen LogP contribution in [0.3, 0.4) is 0 Å². The first-order valence-corrected chi connectivity index (χ1v) is 7.77. The van der Waals surface area contributed by atoms with Crippen LogP contribution in [0.25, 0.3) is 0 Å². The first kappa shape index (κ1) is 15.0. The lowest BCUT2D eigenvalue weighted by atomic mass is 10.2. The number of aromatic nitrogens is 2. The van der Waals surface area contributed by atoms with Crippen LogP contribution in [0, 0.1) is 6.92 Å². The number of halogens is 1. The summed E-state index contributed by atoms with van der Waals surface area (Å²) in [5.41, 5.74) is 7.81. The maximum atomic E-state index is 12.2. The number of nitrogens with one attached hydrogen (secondary N) is 2. The Morgan fingerprint density at radius 3 is 2.70 bits per heavy atom. The second-order valence-electron chi connectivity index (χ2n) is 4.30. The molecule has 1 aromatic carbocycles. The van der Waals surface area contributed by atoms with Gasteiger partial charge in [-0.05, 0) is 24.6 Å². The van der Waals surface area contributed by atoms with Gasteiger partial charge in [0.25, 0.3) is 0 Å². The Kier molecular flexibility index (Phi) is 4.44. The summed E-state index contributed by atoms with van der Waals surface area (Å²) in [5.74, 6) is 0. The third kappa shape index (κ3) is 3.18. The van der Waals surface area contributed by atoms with E-state index in [2.05, 4.69) is 14.9 Å². The van der Waals surface area contributed by atoms with Crippen molar-refractivity contribution < 1.29 is 8.42 Å². The maximum absolute atomic E-state index is 12.2. The van der Waals surface area contributed by atoms with Gasteiger partial charge < -0.3 is 5.73 Å². The molecule has 0 saturated heterocycles. The molecule has 1 aromatic heterocycles. The monoisotopic (exact) mass is 314 g/mol. The van der Waals surface area contributed by atoms with Gasteiger partial charge in [0, 0.05) is 29.4 Å². The highest BCUT2D eigenvalue weighted by atomic mass is 35.5. The summed E-state index contributed by atoms with van der Waals surface area (Å²) < 4.78 is 26.8. The van der Waals surface area contributed by atoms with Crippen molar-refractivity contribution in [3.8, 4) is 0 Å². The van der Waals surface area contributed by atoms with Gasteiger partial charge in [-0.1, -0.05) is 17.7 Å². The second kappa shape index (κ2) is 5.92. The zero-order chi connectivity index (χ0) is 14.8. The molecule has 4 N–H and O–H groups in total. The molecule has 0 aliphatic carbocycles. The van der Waals surface area contributed by atoms with Crippen LogP contribution < -0.4 is 10.5 Å². The molecule has 0 amide bonds. The van der Waals surface area contributed by atoms with Gasteiger partial charge in [0.2, 0.25) is 10.0 Å². The van der Waals surface area contributed by atoms with Crippen LogP contribution in [0.4, 0.5) is 0 Å². The average molecular weight is 315 g/mol. The van der Waals surface area contributed by atoms with Gasteiger partial charge in [0.15, 0.2) is 0 Å². The van der Waals surface area contributed by atoms with Crippen molar-refractivity contribution in [3.05, 3.63) is 46.2 Å². The zero-order valence-electron chi connectivity index (χ0n) is 10.9. The van der Waals surface area contributed by atoms with Crippen molar-refractivity contribution in [3.63, 3.8) is 0 Å². The summed E-state index contributed by atoms with van der Waals surface area (Å²) in [7, 11) is -3.62. The van der Waals surface area contributed by atoms with E-state index in [0.29, 0.717) is 10.6 Å². The van der Waals surface area contributed by atoms with Crippen molar-refractivity contribution in [2.45, 2.75) is 24.9 Å². The number of hydrogen-bond donors (Lipinski definition) is 3. The van der Waals surface area contributed by atoms with E-state index in [4.69, 9.17) is 17.3 Å². The lowest BCUT2D eigenvalue weighted by Crippen LogP contribution is -2.23. The first-order chi connectivity index (χ1) is 9.44. The van der Waals surface area contributed by atoms with Crippen LogP contribution in [0.15, 0.2) is 29.3 Å². The van der Waals surface area contributed by atoms with Gasteiger partial charge >= 0.3 is 0 Å². The molecule has 108 valence electrons. The Balaban J connectivity index is 2.18. The molecular weight excluding hydrogens is 300 g/mol. The van der Waals surface area contributed by atoms with Gasteiger partial charge in [0.1, 0.15) is 0 Å².